The number of allylic oxidation sites excluding steroid dienone is 4. The molecule has 0 aromatic carbocycles. The minimum atomic E-state index is 0. The van der Waals surface area contributed by atoms with Crippen molar-refractivity contribution in [3.8, 4) is 0 Å². The molecule has 48 valence electrons. The Morgan fingerprint density at radius 3 is 2.11 bits per heavy atom. The standard InChI is InChI=1S/C7H8Cl.Ti/c1-5-3-4-7(8)6(5)2;/h4H2,1-2H3;/q-1;. The van der Waals surface area contributed by atoms with Crippen LogP contribution in [0.1, 0.15) is 20.3 Å². The molecular formula is C7H8ClTi-. The van der Waals surface area contributed by atoms with E-state index in [0.717, 1.165) is 11.5 Å². The molecule has 0 atom stereocenters. The van der Waals surface area contributed by atoms with E-state index >= 15 is 0 Å². The Hall–Kier alpha value is 0.484. The molecule has 0 aliphatic heterocycles. The zero-order valence-corrected chi connectivity index (χ0v) is 7.90. The van der Waals surface area contributed by atoms with E-state index < -0.39 is 0 Å². The van der Waals surface area contributed by atoms with Crippen LogP contribution in [-0.2, 0) is 21.7 Å². The van der Waals surface area contributed by atoms with Crippen molar-refractivity contribution in [2.75, 3.05) is 0 Å². The molecule has 0 amide bonds. The predicted octanol–water partition coefficient (Wildman–Crippen LogP) is 2.65. The summed E-state index contributed by atoms with van der Waals surface area (Å²) in [6.07, 6.45) is 3.95. The Kier molecular flexibility index (Phi) is 3.80. The van der Waals surface area contributed by atoms with Gasteiger partial charge in [0.2, 0.25) is 0 Å². The Labute approximate surface area is 75.9 Å². The van der Waals surface area contributed by atoms with E-state index in [1.54, 1.807) is 0 Å². The van der Waals surface area contributed by atoms with Crippen LogP contribution in [0.4, 0.5) is 0 Å². The normalized spacial score (nSPS) is 17.4. The zero-order chi connectivity index (χ0) is 6.15. The molecule has 0 saturated carbocycles. The first-order valence-electron chi connectivity index (χ1n) is 2.65. The van der Waals surface area contributed by atoms with Crippen LogP contribution in [0.2, 0.25) is 0 Å². The maximum atomic E-state index is 5.75. The zero-order valence-electron chi connectivity index (χ0n) is 5.59. The molecule has 1 aliphatic carbocycles. The van der Waals surface area contributed by atoms with Gasteiger partial charge in [0.1, 0.15) is 0 Å². The van der Waals surface area contributed by atoms with E-state index in [1.807, 2.05) is 13.8 Å². The van der Waals surface area contributed by atoms with Gasteiger partial charge in [-0.05, 0) is 0 Å². The molecule has 0 aromatic heterocycles. The van der Waals surface area contributed by atoms with E-state index in [2.05, 4.69) is 6.08 Å². The van der Waals surface area contributed by atoms with Gasteiger partial charge in [0.15, 0.2) is 0 Å². The van der Waals surface area contributed by atoms with Crippen molar-refractivity contribution in [3.05, 3.63) is 22.3 Å². The molecule has 9 heavy (non-hydrogen) atoms. The van der Waals surface area contributed by atoms with Gasteiger partial charge >= 0.3 is 0 Å². The first-order chi connectivity index (χ1) is 3.72. The average molecular weight is 175 g/mol. The van der Waals surface area contributed by atoms with Crippen LogP contribution in [0.15, 0.2) is 16.2 Å². The SMILES string of the molecule is CC1=[C-]CC(Cl)=C1C.[Ti]. The smallest absolute Gasteiger partial charge is 0 e. The van der Waals surface area contributed by atoms with Crippen molar-refractivity contribution < 1.29 is 21.7 Å². The fourth-order valence-corrected chi connectivity index (χ4v) is 0.887. The summed E-state index contributed by atoms with van der Waals surface area (Å²) < 4.78 is 0. The van der Waals surface area contributed by atoms with Crippen molar-refractivity contribution in [3.63, 3.8) is 0 Å². The molecule has 2 heteroatoms. The van der Waals surface area contributed by atoms with Gasteiger partial charge in [0, 0.05) is 21.7 Å². The van der Waals surface area contributed by atoms with Crippen LogP contribution < -0.4 is 0 Å². The first kappa shape index (κ1) is 9.48. The van der Waals surface area contributed by atoms with Crippen molar-refractivity contribution >= 4 is 11.6 Å². The minimum Gasteiger partial charge on any atom is -0.268 e. The monoisotopic (exact) mass is 175 g/mol. The average Bonchev–Trinajstić information content (AvgIpc) is 1.98. The van der Waals surface area contributed by atoms with E-state index in [9.17, 15) is 0 Å². The van der Waals surface area contributed by atoms with E-state index in [4.69, 9.17) is 11.6 Å². The van der Waals surface area contributed by atoms with Gasteiger partial charge in [0.05, 0.1) is 0 Å². The Morgan fingerprint density at radius 2 is 2.00 bits per heavy atom. The van der Waals surface area contributed by atoms with Crippen LogP contribution in [0, 0.1) is 6.08 Å². The molecule has 0 spiro atoms. The summed E-state index contributed by atoms with van der Waals surface area (Å²) in [5, 5.41) is 0.947. The molecule has 1 aliphatic rings. The summed E-state index contributed by atoms with van der Waals surface area (Å²) in [5.74, 6) is 0. The topological polar surface area (TPSA) is 0 Å². The van der Waals surface area contributed by atoms with Gasteiger partial charge < -0.3 is 0 Å². The maximum Gasteiger partial charge on any atom is 0 e. The maximum absolute atomic E-state index is 5.75. The van der Waals surface area contributed by atoms with Gasteiger partial charge in [-0.15, -0.1) is 18.5 Å². The predicted molar refractivity (Wildman–Crippen MR) is 35.6 cm³/mol. The number of halogens is 1. The van der Waals surface area contributed by atoms with Crippen LogP contribution in [-0.4, -0.2) is 0 Å². The fraction of sp³-hybridized carbons (Fsp3) is 0.429. The van der Waals surface area contributed by atoms with Crippen molar-refractivity contribution in [2.24, 2.45) is 0 Å². The molecule has 0 bridgehead atoms. The number of hydrogen-bond donors (Lipinski definition) is 0. The van der Waals surface area contributed by atoms with Crippen LogP contribution in [0.5, 0.6) is 0 Å². The molecule has 0 fully saturated rings. The quantitative estimate of drug-likeness (QED) is 0.392. The summed E-state index contributed by atoms with van der Waals surface area (Å²) in [5.41, 5.74) is 2.40. The molecule has 1 rings (SSSR count). The Balaban J connectivity index is 0.000000640. The second-order valence-electron chi connectivity index (χ2n) is 2.01. The third-order valence-corrected chi connectivity index (χ3v) is 1.90. The minimum absolute atomic E-state index is 0. The summed E-state index contributed by atoms with van der Waals surface area (Å²) >= 11 is 5.75. The number of hydrogen-bond acceptors (Lipinski definition) is 0. The molecule has 0 unspecified atom stereocenters. The molecular weight excluding hydrogens is 167 g/mol. The van der Waals surface area contributed by atoms with E-state index in [-0.39, 0.29) is 21.7 Å². The van der Waals surface area contributed by atoms with Crippen LogP contribution >= 0.6 is 11.6 Å². The fourth-order valence-electron chi connectivity index (χ4n) is 0.679. The molecule has 0 heterocycles. The molecule has 0 N–H and O–H groups in total. The van der Waals surface area contributed by atoms with Gasteiger partial charge in [-0.3, -0.25) is 6.08 Å². The largest absolute Gasteiger partial charge is 0.268 e. The van der Waals surface area contributed by atoms with Crippen molar-refractivity contribution in [1.29, 1.82) is 0 Å². The Morgan fingerprint density at radius 1 is 1.44 bits per heavy atom. The second kappa shape index (κ2) is 3.60. The summed E-state index contributed by atoms with van der Waals surface area (Å²) in [4.78, 5) is 0. The summed E-state index contributed by atoms with van der Waals surface area (Å²) in [6.45, 7) is 4.06. The van der Waals surface area contributed by atoms with Crippen molar-refractivity contribution in [2.45, 2.75) is 20.3 Å². The van der Waals surface area contributed by atoms with Gasteiger partial charge in [-0.2, -0.15) is 5.57 Å². The van der Waals surface area contributed by atoms with Crippen LogP contribution in [0.25, 0.3) is 0 Å². The van der Waals surface area contributed by atoms with Crippen LogP contribution in [0.3, 0.4) is 0 Å². The number of rotatable bonds is 0. The van der Waals surface area contributed by atoms with E-state index in [1.165, 1.54) is 11.1 Å². The van der Waals surface area contributed by atoms with Gasteiger partial charge in [-0.25, -0.2) is 5.57 Å². The van der Waals surface area contributed by atoms with Gasteiger partial charge in [0.25, 0.3) is 0 Å². The Bertz CT molecular complexity index is 162. The molecule has 0 saturated heterocycles. The molecule has 0 aromatic rings. The van der Waals surface area contributed by atoms with E-state index in [0.29, 0.717) is 0 Å². The molecule has 0 nitrogen and oxygen atoms in total. The summed E-state index contributed by atoms with van der Waals surface area (Å²) in [6, 6.07) is 0. The second-order valence-corrected chi connectivity index (χ2v) is 2.46. The molecule has 0 radical (unpaired) electrons. The first-order valence-corrected chi connectivity index (χ1v) is 3.02. The van der Waals surface area contributed by atoms with Crippen molar-refractivity contribution in [1.82, 2.24) is 0 Å². The third-order valence-electron chi connectivity index (χ3n) is 1.48. The van der Waals surface area contributed by atoms with Gasteiger partial charge in [-0.1, -0.05) is 18.4 Å². The summed E-state index contributed by atoms with van der Waals surface area (Å²) in [7, 11) is 0. The third kappa shape index (κ3) is 1.96.